The fraction of sp³-hybridized carbons (Fsp3) is 0.107. The number of amides is 2. The molecule has 174 valence electrons. The van der Waals surface area contributed by atoms with Crippen LogP contribution in [0.2, 0.25) is 0 Å². The Hall–Kier alpha value is -4.23. The van der Waals surface area contributed by atoms with Gasteiger partial charge >= 0.3 is 0 Å². The lowest BCUT2D eigenvalue weighted by Crippen LogP contribution is -2.54. The number of nitrogens with one attached hydrogen (secondary N) is 1. The first-order chi connectivity index (χ1) is 16.9. The molecule has 35 heavy (non-hydrogen) atoms. The molecule has 7 heteroatoms. The number of benzene rings is 3. The summed E-state index contributed by atoms with van der Waals surface area (Å²) in [5.74, 6) is -0.329. The van der Waals surface area contributed by atoms with Crippen LogP contribution in [-0.4, -0.2) is 28.6 Å². The number of hydrogen-bond donors (Lipinski definition) is 1. The Labute approximate surface area is 208 Å². The van der Waals surface area contributed by atoms with E-state index in [1.165, 1.54) is 16.0 Å². The van der Waals surface area contributed by atoms with Gasteiger partial charge in [-0.05, 0) is 61.1 Å². The first-order valence-electron chi connectivity index (χ1n) is 11.1. The van der Waals surface area contributed by atoms with E-state index in [1.807, 2.05) is 36.5 Å². The minimum Gasteiger partial charge on any atom is -0.497 e. The van der Waals surface area contributed by atoms with E-state index in [1.54, 1.807) is 37.5 Å². The van der Waals surface area contributed by atoms with Crippen LogP contribution in [0.4, 0.5) is 5.69 Å². The summed E-state index contributed by atoms with van der Waals surface area (Å²) in [6.07, 6.45) is 3.62. The number of hydrogen-bond acceptors (Lipinski definition) is 4. The van der Waals surface area contributed by atoms with Crippen molar-refractivity contribution in [2.45, 2.75) is 13.5 Å². The van der Waals surface area contributed by atoms with Crippen LogP contribution in [0.15, 0.2) is 84.6 Å². The van der Waals surface area contributed by atoms with Crippen LogP contribution in [0.5, 0.6) is 5.75 Å². The third-order valence-electron chi connectivity index (χ3n) is 5.99. The maximum absolute atomic E-state index is 13.4. The second kappa shape index (κ2) is 9.19. The number of carbonyl (C=O) groups excluding carboxylic acids is 2. The standard InChI is InChI=1S/C28H23N3O3S/c1-18-6-5-7-19(14-18)16-30-17-20(23-8-3-4-9-25(23)30)15-24-26(32)29-28(35)31(27(24)33)21-10-12-22(34-2)13-11-21/h3-15,17H,16H2,1-2H3,(H,29,32,35)/b24-15+. The van der Waals surface area contributed by atoms with Crippen LogP contribution in [0.3, 0.4) is 0 Å². The normalized spacial score (nSPS) is 15.1. The van der Waals surface area contributed by atoms with Gasteiger partial charge in [-0.25, -0.2) is 0 Å². The maximum atomic E-state index is 13.4. The van der Waals surface area contributed by atoms with Crippen molar-refractivity contribution in [1.82, 2.24) is 9.88 Å². The molecule has 1 aliphatic rings. The van der Waals surface area contributed by atoms with Crippen LogP contribution in [0.25, 0.3) is 17.0 Å². The molecule has 1 aliphatic heterocycles. The molecule has 6 nitrogen and oxygen atoms in total. The average molecular weight is 482 g/mol. The highest BCUT2D eigenvalue weighted by Crippen LogP contribution is 2.28. The van der Waals surface area contributed by atoms with Gasteiger partial charge in [0.25, 0.3) is 11.8 Å². The van der Waals surface area contributed by atoms with Crippen molar-refractivity contribution in [2.75, 3.05) is 12.0 Å². The van der Waals surface area contributed by atoms with Gasteiger partial charge in [0, 0.05) is 29.2 Å². The highest BCUT2D eigenvalue weighted by atomic mass is 32.1. The van der Waals surface area contributed by atoms with E-state index in [0.29, 0.717) is 18.0 Å². The first kappa shape index (κ1) is 22.6. The van der Waals surface area contributed by atoms with Crippen molar-refractivity contribution in [2.24, 2.45) is 0 Å². The fourth-order valence-corrected chi connectivity index (χ4v) is 4.59. The molecule has 0 saturated carbocycles. The van der Waals surface area contributed by atoms with E-state index in [0.717, 1.165) is 16.5 Å². The average Bonchev–Trinajstić information content (AvgIpc) is 3.19. The van der Waals surface area contributed by atoms with Crippen LogP contribution in [0.1, 0.15) is 16.7 Å². The zero-order valence-electron chi connectivity index (χ0n) is 19.3. The number of methoxy groups -OCH3 is 1. The van der Waals surface area contributed by atoms with Crippen molar-refractivity contribution in [3.63, 3.8) is 0 Å². The summed E-state index contributed by atoms with van der Waals surface area (Å²) in [4.78, 5) is 27.6. The predicted molar refractivity (Wildman–Crippen MR) is 141 cm³/mol. The quantitative estimate of drug-likeness (QED) is 0.252. The monoisotopic (exact) mass is 481 g/mol. The summed E-state index contributed by atoms with van der Waals surface area (Å²) >= 11 is 5.32. The number of nitrogens with zero attached hydrogens (tertiary/aromatic N) is 2. The SMILES string of the molecule is COc1ccc(N2C(=O)/C(=C/c3cn(Cc4cccc(C)c4)c4ccccc34)C(=O)NC2=S)cc1. The molecule has 3 aromatic carbocycles. The number of para-hydroxylation sites is 1. The molecule has 0 spiro atoms. The van der Waals surface area contributed by atoms with Crippen molar-refractivity contribution in [3.8, 4) is 5.75 Å². The van der Waals surface area contributed by atoms with Gasteiger partial charge in [0.2, 0.25) is 0 Å². The van der Waals surface area contributed by atoms with Crippen molar-refractivity contribution >= 4 is 51.8 Å². The Balaban J connectivity index is 1.55. The topological polar surface area (TPSA) is 63.6 Å². The van der Waals surface area contributed by atoms with Gasteiger partial charge < -0.3 is 9.30 Å². The highest BCUT2D eigenvalue weighted by molar-refractivity contribution is 7.80. The summed E-state index contributed by atoms with van der Waals surface area (Å²) in [5, 5.41) is 3.65. The zero-order chi connectivity index (χ0) is 24.5. The Morgan fingerprint density at radius 1 is 1.00 bits per heavy atom. The first-order valence-corrected chi connectivity index (χ1v) is 11.5. The fourth-order valence-electron chi connectivity index (χ4n) is 4.31. The van der Waals surface area contributed by atoms with Crippen molar-refractivity contribution < 1.29 is 14.3 Å². The Kier molecular flexibility index (Phi) is 5.93. The Bertz CT molecular complexity index is 1500. The number of rotatable bonds is 5. The molecule has 1 N–H and O–H groups in total. The molecule has 4 aromatic rings. The van der Waals surface area contributed by atoms with E-state index >= 15 is 0 Å². The van der Waals surface area contributed by atoms with Gasteiger partial charge in [-0.3, -0.25) is 19.8 Å². The van der Waals surface area contributed by atoms with Gasteiger partial charge in [0.1, 0.15) is 11.3 Å². The van der Waals surface area contributed by atoms with E-state index in [4.69, 9.17) is 17.0 Å². The molecule has 2 amide bonds. The molecule has 1 fully saturated rings. The second-order valence-electron chi connectivity index (χ2n) is 8.37. The molecule has 1 aromatic heterocycles. The van der Waals surface area contributed by atoms with Crippen LogP contribution >= 0.6 is 12.2 Å². The number of aromatic nitrogens is 1. The van der Waals surface area contributed by atoms with E-state index in [-0.39, 0.29) is 10.7 Å². The van der Waals surface area contributed by atoms with E-state index < -0.39 is 11.8 Å². The minimum absolute atomic E-state index is 0.0212. The maximum Gasteiger partial charge on any atom is 0.270 e. The molecule has 1 saturated heterocycles. The molecular formula is C28H23N3O3S. The minimum atomic E-state index is -0.514. The molecule has 0 bridgehead atoms. The van der Waals surface area contributed by atoms with Gasteiger partial charge in [-0.1, -0.05) is 48.0 Å². The van der Waals surface area contributed by atoms with Gasteiger partial charge in [-0.2, -0.15) is 0 Å². The number of fused-ring (bicyclic) bond motifs is 1. The number of thiocarbonyl (C=S) groups is 1. The molecular weight excluding hydrogens is 458 g/mol. The van der Waals surface area contributed by atoms with Crippen molar-refractivity contribution in [3.05, 3.63) is 101 Å². The highest BCUT2D eigenvalue weighted by Gasteiger charge is 2.34. The molecule has 2 heterocycles. The number of ether oxygens (including phenoxy) is 1. The number of anilines is 1. The third kappa shape index (κ3) is 4.34. The molecule has 0 radical (unpaired) electrons. The smallest absolute Gasteiger partial charge is 0.270 e. The summed E-state index contributed by atoms with van der Waals surface area (Å²) < 4.78 is 7.33. The van der Waals surface area contributed by atoms with E-state index in [2.05, 4.69) is 35.0 Å². The number of aryl methyl sites for hydroxylation is 1. The summed E-state index contributed by atoms with van der Waals surface area (Å²) in [5.41, 5.74) is 4.75. The van der Waals surface area contributed by atoms with Crippen LogP contribution < -0.4 is 15.0 Å². The third-order valence-corrected chi connectivity index (χ3v) is 6.27. The van der Waals surface area contributed by atoms with Crippen LogP contribution in [0, 0.1) is 6.92 Å². The molecule has 0 unspecified atom stereocenters. The number of carbonyl (C=O) groups is 2. The Morgan fingerprint density at radius 3 is 2.51 bits per heavy atom. The Morgan fingerprint density at radius 2 is 1.77 bits per heavy atom. The largest absolute Gasteiger partial charge is 0.497 e. The van der Waals surface area contributed by atoms with Gasteiger partial charge in [-0.15, -0.1) is 0 Å². The zero-order valence-corrected chi connectivity index (χ0v) is 20.1. The second-order valence-corrected chi connectivity index (χ2v) is 8.76. The molecule has 5 rings (SSSR count). The lowest BCUT2D eigenvalue weighted by molar-refractivity contribution is -0.122. The van der Waals surface area contributed by atoms with Gasteiger partial charge in [0.15, 0.2) is 5.11 Å². The van der Waals surface area contributed by atoms with E-state index in [9.17, 15) is 9.59 Å². The van der Waals surface area contributed by atoms with Crippen LogP contribution in [-0.2, 0) is 16.1 Å². The lowest BCUT2D eigenvalue weighted by Gasteiger charge is -2.29. The lowest BCUT2D eigenvalue weighted by atomic mass is 10.1. The summed E-state index contributed by atoms with van der Waals surface area (Å²) in [7, 11) is 1.57. The molecule has 0 aliphatic carbocycles. The summed E-state index contributed by atoms with van der Waals surface area (Å²) in [6, 6.07) is 23.2. The van der Waals surface area contributed by atoms with Gasteiger partial charge in [0.05, 0.1) is 12.8 Å². The van der Waals surface area contributed by atoms with Crippen molar-refractivity contribution in [1.29, 1.82) is 0 Å². The summed E-state index contributed by atoms with van der Waals surface area (Å²) in [6.45, 7) is 2.74. The predicted octanol–water partition coefficient (Wildman–Crippen LogP) is 4.84. The molecule has 0 atom stereocenters.